The van der Waals surface area contributed by atoms with Crippen LogP contribution in [0.15, 0.2) is 11.4 Å². The zero-order chi connectivity index (χ0) is 11.7. The Balaban J connectivity index is 2.38. The molecule has 0 saturated heterocycles. The normalized spacial score (nSPS) is 19.3. The molecular weight excluding hydrogens is 226 g/mol. The van der Waals surface area contributed by atoms with E-state index in [1.807, 2.05) is 11.4 Å². The fraction of sp³-hybridized carbons (Fsp3) is 0.455. The number of nitrogens with zero attached hydrogens (tertiary/aromatic N) is 1. The van der Waals surface area contributed by atoms with E-state index in [0.29, 0.717) is 13.0 Å². The Morgan fingerprint density at radius 3 is 3.00 bits per heavy atom. The Labute approximate surface area is 97.5 Å². The van der Waals surface area contributed by atoms with E-state index in [2.05, 4.69) is 0 Å². The van der Waals surface area contributed by atoms with Crippen molar-refractivity contribution in [2.24, 2.45) is 0 Å². The first-order chi connectivity index (χ1) is 7.65. The van der Waals surface area contributed by atoms with Crippen LogP contribution in [0.4, 0.5) is 0 Å². The van der Waals surface area contributed by atoms with Crippen molar-refractivity contribution in [2.45, 2.75) is 25.8 Å². The summed E-state index contributed by atoms with van der Waals surface area (Å²) < 4.78 is 0. The first-order valence-corrected chi connectivity index (χ1v) is 6.11. The van der Waals surface area contributed by atoms with Gasteiger partial charge in [-0.3, -0.25) is 4.79 Å². The minimum atomic E-state index is -0.943. The average molecular weight is 239 g/mol. The van der Waals surface area contributed by atoms with Crippen LogP contribution >= 0.6 is 11.3 Å². The number of aliphatic carboxylic acids is 1. The van der Waals surface area contributed by atoms with E-state index in [-0.39, 0.29) is 5.91 Å². The first-order valence-electron chi connectivity index (χ1n) is 5.23. The maximum absolute atomic E-state index is 11.7. The zero-order valence-electron chi connectivity index (χ0n) is 8.97. The van der Waals surface area contributed by atoms with Gasteiger partial charge in [-0.25, -0.2) is 4.79 Å². The van der Waals surface area contributed by atoms with Gasteiger partial charge in [0.25, 0.3) is 0 Å². The van der Waals surface area contributed by atoms with Crippen LogP contribution in [0.1, 0.15) is 29.8 Å². The van der Waals surface area contributed by atoms with Gasteiger partial charge in [-0.2, -0.15) is 0 Å². The molecule has 16 heavy (non-hydrogen) atoms. The Bertz CT molecular complexity index is 427. The Kier molecular flexibility index (Phi) is 2.96. The second-order valence-corrected chi connectivity index (χ2v) is 4.73. The number of amides is 1. The average Bonchev–Trinajstić information content (AvgIpc) is 2.73. The topological polar surface area (TPSA) is 57.6 Å². The third kappa shape index (κ3) is 1.71. The zero-order valence-corrected chi connectivity index (χ0v) is 9.79. The molecule has 0 fully saturated rings. The maximum atomic E-state index is 11.7. The summed E-state index contributed by atoms with van der Waals surface area (Å²) in [7, 11) is 0. The lowest BCUT2D eigenvalue weighted by Gasteiger charge is -2.32. The van der Waals surface area contributed by atoms with Gasteiger partial charge in [-0.15, -0.1) is 11.3 Å². The van der Waals surface area contributed by atoms with Crippen LogP contribution in [0.25, 0.3) is 0 Å². The van der Waals surface area contributed by atoms with Gasteiger partial charge in [0, 0.05) is 17.8 Å². The van der Waals surface area contributed by atoms with Crippen LogP contribution in [-0.4, -0.2) is 28.4 Å². The Morgan fingerprint density at radius 2 is 2.38 bits per heavy atom. The second kappa shape index (κ2) is 4.25. The second-order valence-electron chi connectivity index (χ2n) is 3.73. The van der Waals surface area contributed by atoms with Gasteiger partial charge in [0.05, 0.1) is 0 Å². The van der Waals surface area contributed by atoms with Crippen molar-refractivity contribution in [3.05, 3.63) is 21.9 Å². The number of thiophene rings is 1. The maximum Gasteiger partial charge on any atom is 0.331 e. The summed E-state index contributed by atoms with van der Waals surface area (Å²) in [6, 6.07) is 1.02. The number of hydrogen-bond donors (Lipinski definition) is 1. The van der Waals surface area contributed by atoms with Crippen molar-refractivity contribution < 1.29 is 14.7 Å². The molecule has 0 spiro atoms. The predicted molar refractivity (Wildman–Crippen MR) is 60.4 cm³/mol. The number of hydrogen-bond acceptors (Lipinski definition) is 3. The largest absolute Gasteiger partial charge is 0.479 e. The summed E-state index contributed by atoms with van der Waals surface area (Å²) >= 11 is 1.57. The molecule has 1 aromatic heterocycles. The molecule has 1 aromatic rings. The molecule has 86 valence electrons. The van der Waals surface area contributed by atoms with Gasteiger partial charge < -0.3 is 10.0 Å². The van der Waals surface area contributed by atoms with Gasteiger partial charge in [0.15, 0.2) is 6.04 Å². The molecule has 0 saturated carbocycles. The Morgan fingerprint density at radius 1 is 1.62 bits per heavy atom. The summed E-state index contributed by atoms with van der Waals surface area (Å²) in [5.74, 6) is -1.04. The summed E-state index contributed by atoms with van der Waals surface area (Å²) in [5, 5.41) is 11.1. The van der Waals surface area contributed by atoms with Crippen molar-refractivity contribution in [2.75, 3.05) is 6.54 Å². The lowest BCUT2D eigenvalue weighted by Crippen LogP contribution is -2.42. The minimum absolute atomic E-state index is 0.0933. The van der Waals surface area contributed by atoms with Crippen molar-refractivity contribution in [3.8, 4) is 0 Å². The van der Waals surface area contributed by atoms with Gasteiger partial charge in [0.1, 0.15) is 0 Å². The minimum Gasteiger partial charge on any atom is -0.479 e. The highest BCUT2D eigenvalue weighted by Gasteiger charge is 2.35. The molecular formula is C11H13NO3S. The van der Waals surface area contributed by atoms with Crippen LogP contribution in [0.3, 0.4) is 0 Å². The molecule has 5 heteroatoms. The third-order valence-electron chi connectivity index (χ3n) is 2.82. The highest BCUT2D eigenvalue weighted by Crippen LogP contribution is 2.33. The quantitative estimate of drug-likeness (QED) is 0.854. The fourth-order valence-corrected chi connectivity index (χ4v) is 2.96. The monoisotopic (exact) mass is 239 g/mol. The molecule has 0 aliphatic carbocycles. The molecule has 1 N–H and O–H groups in total. The fourth-order valence-electron chi connectivity index (χ4n) is 2.05. The molecule has 0 bridgehead atoms. The van der Waals surface area contributed by atoms with Crippen molar-refractivity contribution in [1.29, 1.82) is 0 Å². The SMILES string of the molecule is CCC(=O)N1CCc2sccc2C1C(=O)O. The number of carboxylic acid groups (broad SMARTS) is 1. The summed E-state index contributed by atoms with van der Waals surface area (Å²) in [5.41, 5.74) is 0.783. The summed E-state index contributed by atoms with van der Waals surface area (Å²) in [6.45, 7) is 2.27. The van der Waals surface area contributed by atoms with Crippen LogP contribution < -0.4 is 0 Å². The van der Waals surface area contributed by atoms with Gasteiger partial charge in [-0.1, -0.05) is 6.92 Å². The van der Waals surface area contributed by atoms with Gasteiger partial charge in [-0.05, 0) is 23.4 Å². The molecule has 1 amide bonds. The summed E-state index contributed by atoms with van der Waals surface area (Å²) in [6.07, 6.45) is 1.12. The molecule has 2 heterocycles. The molecule has 1 aliphatic rings. The molecule has 4 nitrogen and oxygen atoms in total. The lowest BCUT2D eigenvalue weighted by atomic mass is 10.00. The van der Waals surface area contributed by atoms with E-state index in [4.69, 9.17) is 0 Å². The third-order valence-corrected chi connectivity index (χ3v) is 3.82. The predicted octanol–water partition coefficient (Wildman–Crippen LogP) is 1.67. The standard InChI is InChI=1S/C11H13NO3S/c1-2-9(13)12-5-3-8-7(4-6-16-8)10(12)11(14)15/h4,6,10H,2-3,5H2,1H3,(H,14,15). The van der Waals surface area contributed by atoms with Crippen molar-refractivity contribution >= 4 is 23.2 Å². The van der Waals surface area contributed by atoms with Crippen LogP contribution in [0, 0.1) is 0 Å². The van der Waals surface area contributed by atoms with Crippen LogP contribution in [0.5, 0.6) is 0 Å². The van der Waals surface area contributed by atoms with Gasteiger partial charge >= 0.3 is 5.97 Å². The molecule has 2 rings (SSSR count). The number of carbonyl (C=O) groups excluding carboxylic acids is 1. The van der Waals surface area contributed by atoms with Crippen molar-refractivity contribution in [1.82, 2.24) is 4.90 Å². The van der Waals surface area contributed by atoms with E-state index in [1.54, 1.807) is 18.3 Å². The summed E-state index contributed by atoms with van der Waals surface area (Å²) in [4.78, 5) is 25.5. The molecule has 1 atom stereocenters. The lowest BCUT2D eigenvalue weighted by molar-refractivity contribution is -0.151. The van der Waals surface area contributed by atoms with Gasteiger partial charge in [0.2, 0.25) is 5.91 Å². The highest BCUT2D eigenvalue weighted by atomic mass is 32.1. The molecule has 1 aliphatic heterocycles. The number of rotatable bonds is 2. The van der Waals surface area contributed by atoms with Crippen LogP contribution in [-0.2, 0) is 16.0 Å². The number of fused-ring (bicyclic) bond motifs is 1. The Hall–Kier alpha value is -1.36. The molecule has 1 unspecified atom stereocenters. The van der Waals surface area contributed by atoms with E-state index in [9.17, 15) is 14.7 Å². The van der Waals surface area contributed by atoms with E-state index in [0.717, 1.165) is 16.9 Å². The van der Waals surface area contributed by atoms with E-state index >= 15 is 0 Å². The highest BCUT2D eigenvalue weighted by molar-refractivity contribution is 7.10. The smallest absolute Gasteiger partial charge is 0.331 e. The first kappa shape index (κ1) is 11.1. The van der Waals surface area contributed by atoms with E-state index < -0.39 is 12.0 Å². The van der Waals surface area contributed by atoms with Crippen LogP contribution in [0.2, 0.25) is 0 Å². The van der Waals surface area contributed by atoms with Crippen molar-refractivity contribution in [3.63, 3.8) is 0 Å². The number of carboxylic acids is 1. The van der Waals surface area contributed by atoms with E-state index in [1.165, 1.54) is 4.90 Å². The number of carbonyl (C=O) groups is 2. The molecule has 0 aromatic carbocycles. The molecule has 0 radical (unpaired) electrons.